The summed E-state index contributed by atoms with van der Waals surface area (Å²) in [5, 5.41) is 21.4. The van der Waals surface area contributed by atoms with E-state index in [4.69, 9.17) is 23.2 Å². The molecule has 1 aliphatic heterocycles. The number of guanidine groups is 1. The lowest BCUT2D eigenvalue weighted by atomic mass is 9.93. The molecule has 1 heterocycles. The molecule has 0 radical (unpaired) electrons. The van der Waals surface area contributed by atoms with E-state index >= 15 is 0 Å². The third kappa shape index (κ3) is 8.15. The first-order valence-electron chi connectivity index (χ1n) is 10.9. The van der Waals surface area contributed by atoms with Crippen molar-refractivity contribution in [1.29, 1.82) is 0 Å². The van der Waals surface area contributed by atoms with Crippen LogP contribution in [0, 0.1) is 5.41 Å². The van der Waals surface area contributed by atoms with E-state index in [0.717, 1.165) is 6.54 Å². The van der Waals surface area contributed by atoms with Crippen molar-refractivity contribution in [2.45, 2.75) is 26.3 Å². The molecule has 186 valence electrons. The summed E-state index contributed by atoms with van der Waals surface area (Å²) in [6, 6.07) is 10.5. The van der Waals surface area contributed by atoms with Crippen LogP contribution >= 0.6 is 23.2 Å². The Hall–Kier alpha value is -3.30. The summed E-state index contributed by atoms with van der Waals surface area (Å²) in [4.78, 5) is 40.8. The molecular formula is C24H27Cl2N5O4. The third-order valence-electron chi connectivity index (χ3n) is 5.20. The molecular weight excluding hydrogens is 493 g/mol. The van der Waals surface area contributed by atoms with Crippen molar-refractivity contribution in [3.05, 3.63) is 63.6 Å². The van der Waals surface area contributed by atoms with E-state index in [1.165, 1.54) is 18.2 Å². The van der Waals surface area contributed by atoms with Crippen molar-refractivity contribution >= 4 is 52.6 Å². The molecule has 1 unspecified atom stereocenters. The number of hydrogen-bond donors (Lipinski definition) is 5. The summed E-state index contributed by atoms with van der Waals surface area (Å²) >= 11 is 12.0. The molecule has 1 atom stereocenters. The third-order valence-corrected chi connectivity index (χ3v) is 5.63. The van der Waals surface area contributed by atoms with E-state index in [1.54, 1.807) is 24.3 Å². The maximum Gasteiger partial charge on any atom is 0.305 e. The lowest BCUT2D eigenvalue weighted by Crippen LogP contribution is -2.44. The molecule has 0 saturated carbocycles. The van der Waals surface area contributed by atoms with E-state index in [2.05, 4.69) is 40.1 Å². The molecule has 2 aromatic rings. The predicted octanol–water partition coefficient (Wildman–Crippen LogP) is 3.45. The minimum absolute atomic E-state index is 0.0794. The maximum absolute atomic E-state index is 12.6. The van der Waals surface area contributed by atoms with E-state index < -0.39 is 23.8 Å². The number of nitrogens with one attached hydrogen (secondary N) is 4. The second-order valence-electron chi connectivity index (χ2n) is 8.99. The van der Waals surface area contributed by atoms with Gasteiger partial charge in [0.2, 0.25) is 5.91 Å². The number of hydrogen-bond acceptors (Lipinski definition) is 6. The number of anilines is 1. The highest BCUT2D eigenvalue weighted by Crippen LogP contribution is 2.25. The summed E-state index contributed by atoms with van der Waals surface area (Å²) in [6.07, 6.45) is -0.376. The van der Waals surface area contributed by atoms with Crippen molar-refractivity contribution < 1.29 is 19.5 Å². The molecule has 11 heteroatoms. The summed E-state index contributed by atoms with van der Waals surface area (Å²) in [6.45, 7) is 5.36. The molecule has 0 spiro atoms. The molecule has 2 aromatic carbocycles. The van der Waals surface area contributed by atoms with Gasteiger partial charge in [0.25, 0.3) is 5.91 Å². The van der Waals surface area contributed by atoms with Gasteiger partial charge in [0.05, 0.1) is 19.0 Å². The van der Waals surface area contributed by atoms with Gasteiger partial charge in [-0.2, -0.15) is 0 Å². The SMILES string of the molecule is CC1(C)CN=C(Nc2cccc(C(=O)NCC(=O)NC(CC(=O)O)c3cc(Cl)cc(Cl)c3)c2)NC1. The van der Waals surface area contributed by atoms with Gasteiger partial charge in [-0.3, -0.25) is 19.4 Å². The van der Waals surface area contributed by atoms with Crippen LogP contribution in [0.1, 0.15) is 42.2 Å². The largest absolute Gasteiger partial charge is 0.481 e. The Morgan fingerprint density at radius 3 is 2.49 bits per heavy atom. The number of carboxylic acid groups (broad SMARTS) is 1. The van der Waals surface area contributed by atoms with Gasteiger partial charge in [-0.15, -0.1) is 0 Å². The number of aliphatic imine (C=N–C) groups is 1. The minimum atomic E-state index is -1.11. The average molecular weight is 520 g/mol. The van der Waals surface area contributed by atoms with Crippen LogP contribution < -0.4 is 21.3 Å². The number of carbonyl (C=O) groups excluding carboxylic acids is 2. The Balaban J connectivity index is 1.59. The molecule has 0 aromatic heterocycles. The van der Waals surface area contributed by atoms with Crippen molar-refractivity contribution in [2.24, 2.45) is 10.4 Å². The molecule has 0 aliphatic carbocycles. The van der Waals surface area contributed by atoms with Crippen molar-refractivity contribution in [2.75, 3.05) is 25.0 Å². The molecule has 0 bridgehead atoms. The second kappa shape index (κ2) is 11.4. The standard InChI is InChI=1S/C24H27Cl2N5O4/c1-24(2)12-28-23(29-13-24)30-18-5-3-4-14(8-18)22(35)27-11-20(32)31-19(10-21(33)34)15-6-16(25)9-17(26)7-15/h3-9,19H,10-13H2,1-2H3,(H,27,35)(H,31,32)(H,33,34)(H2,28,29,30). The molecule has 35 heavy (non-hydrogen) atoms. The number of nitrogens with zero attached hydrogens (tertiary/aromatic N) is 1. The number of benzene rings is 2. The molecule has 2 amide bonds. The van der Waals surface area contributed by atoms with Crippen LogP contribution in [-0.2, 0) is 9.59 Å². The summed E-state index contributed by atoms with van der Waals surface area (Å²) in [5.74, 6) is -1.49. The fourth-order valence-corrected chi connectivity index (χ4v) is 3.94. The van der Waals surface area contributed by atoms with Gasteiger partial charge >= 0.3 is 5.97 Å². The van der Waals surface area contributed by atoms with Crippen LogP contribution in [0.2, 0.25) is 10.0 Å². The summed E-state index contributed by atoms with van der Waals surface area (Å²) in [5.41, 5.74) is 1.55. The monoisotopic (exact) mass is 519 g/mol. The van der Waals surface area contributed by atoms with Gasteiger partial charge < -0.3 is 26.4 Å². The van der Waals surface area contributed by atoms with Crippen LogP contribution in [0.25, 0.3) is 0 Å². The Morgan fingerprint density at radius 2 is 1.86 bits per heavy atom. The molecule has 0 fully saturated rings. The highest BCUT2D eigenvalue weighted by molar-refractivity contribution is 6.34. The molecule has 3 rings (SSSR count). The zero-order chi connectivity index (χ0) is 25.6. The number of carbonyl (C=O) groups is 3. The zero-order valence-corrected chi connectivity index (χ0v) is 20.8. The van der Waals surface area contributed by atoms with Crippen molar-refractivity contribution in [3.63, 3.8) is 0 Å². The zero-order valence-electron chi connectivity index (χ0n) is 19.3. The van der Waals surface area contributed by atoms with Gasteiger partial charge in [0, 0.05) is 39.8 Å². The predicted molar refractivity (Wildman–Crippen MR) is 136 cm³/mol. The summed E-state index contributed by atoms with van der Waals surface area (Å²) < 4.78 is 0. The van der Waals surface area contributed by atoms with Crippen LogP contribution in [0.4, 0.5) is 5.69 Å². The smallest absolute Gasteiger partial charge is 0.305 e. The first-order chi connectivity index (χ1) is 16.5. The Labute approximate surface area is 213 Å². The highest BCUT2D eigenvalue weighted by atomic mass is 35.5. The van der Waals surface area contributed by atoms with Gasteiger partial charge in [0.1, 0.15) is 0 Å². The maximum atomic E-state index is 12.6. The molecule has 0 saturated heterocycles. The van der Waals surface area contributed by atoms with Crippen LogP contribution in [-0.4, -0.2) is 48.5 Å². The fraction of sp³-hybridized carbons (Fsp3) is 0.333. The normalized spacial score (nSPS) is 15.3. The average Bonchev–Trinajstić information content (AvgIpc) is 2.78. The highest BCUT2D eigenvalue weighted by Gasteiger charge is 2.23. The van der Waals surface area contributed by atoms with Gasteiger partial charge in [-0.25, -0.2) is 0 Å². The number of carboxylic acids is 1. The van der Waals surface area contributed by atoms with Crippen molar-refractivity contribution in [3.8, 4) is 0 Å². The van der Waals surface area contributed by atoms with Gasteiger partial charge in [-0.05, 0) is 42.0 Å². The Bertz CT molecular complexity index is 1130. The fourth-order valence-electron chi connectivity index (χ4n) is 3.40. The van der Waals surface area contributed by atoms with E-state index in [-0.39, 0.29) is 18.4 Å². The minimum Gasteiger partial charge on any atom is -0.481 e. The topological polar surface area (TPSA) is 132 Å². The molecule has 5 N–H and O–H groups in total. The number of amides is 2. The quantitative estimate of drug-likeness (QED) is 0.362. The molecule has 1 aliphatic rings. The lowest BCUT2D eigenvalue weighted by molar-refractivity contribution is -0.137. The summed E-state index contributed by atoms with van der Waals surface area (Å²) in [7, 11) is 0. The second-order valence-corrected chi connectivity index (χ2v) is 9.86. The van der Waals surface area contributed by atoms with E-state index in [1.807, 2.05) is 0 Å². The number of aliphatic carboxylic acids is 1. The van der Waals surface area contributed by atoms with Gasteiger partial charge in [-0.1, -0.05) is 43.1 Å². The van der Waals surface area contributed by atoms with E-state index in [0.29, 0.717) is 39.4 Å². The number of halogens is 2. The van der Waals surface area contributed by atoms with Crippen LogP contribution in [0.3, 0.4) is 0 Å². The van der Waals surface area contributed by atoms with E-state index in [9.17, 15) is 19.5 Å². The molecule has 9 nitrogen and oxygen atoms in total. The Morgan fingerprint density at radius 1 is 1.14 bits per heavy atom. The van der Waals surface area contributed by atoms with Crippen LogP contribution in [0.15, 0.2) is 47.5 Å². The first kappa shape index (κ1) is 26.3. The lowest BCUT2D eigenvalue weighted by Gasteiger charge is -2.29. The Kier molecular flexibility index (Phi) is 8.58. The van der Waals surface area contributed by atoms with Crippen LogP contribution in [0.5, 0.6) is 0 Å². The van der Waals surface area contributed by atoms with Gasteiger partial charge in [0.15, 0.2) is 5.96 Å². The number of rotatable bonds is 8. The first-order valence-corrected chi connectivity index (χ1v) is 11.7. The van der Waals surface area contributed by atoms with Crippen molar-refractivity contribution in [1.82, 2.24) is 16.0 Å².